The van der Waals surface area contributed by atoms with Gasteiger partial charge in [-0.05, 0) is 18.2 Å². The molecule has 0 unspecified atom stereocenters. The molecule has 106 valence electrons. The van der Waals surface area contributed by atoms with Gasteiger partial charge in [0.2, 0.25) is 0 Å². The first kappa shape index (κ1) is 13.5. The lowest BCUT2D eigenvalue weighted by molar-refractivity contribution is 0.0692. The summed E-state index contributed by atoms with van der Waals surface area (Å²) in [6.07, 6.45) is 0. The zero-order valence-corrected chi connectivity index (χ0v) is 11.1. The molecule has 0 saturated carbocycles. The summed E-state index contributed by atoms with van der Waals surface area (Å²) in [5.74, 6) is -2.64. The second-order valence-electron chi connectivity index (χ2n) is 4.34. The normalized spacial score (nSPS) is 11.0. The van der Waals surface area contributed by atoms with Gasteiger partial charge in [-0.2, -0.15) is 0 Å². The summed E-state index contributed by atoms with van der Waals surface area (Å²) < 4.78 is 27.1. The molecule has 2 aromatic carbocycles. The van der Waals surface area contributed by atoms with Crippen molar-refractivity contribution < 1.29 is 18.7 Å². The van der Waals surface area contributed by atoms with Crippen molar-refractivity contribution in [1.82, 2.24) is 9.97 Å². The second kappa shape index (κ2) is 4.82. The summed E-state index contributed by atoms with van der Waals surface area (Å²) in [4.78, 5) is 17.8. The largest absolute Gasteiger partial charge is 0.478 e. The number of hydrogen-bond donors (Lipinski definition) is 2. The van der Waals surface area contributed by atoms with Crippen LogP contribution in [0.1, 0.15) is 10.4 Å². The van der Waals surface area contributed by atoms with Crippen LogP contribution in [0.5, 0.6) is 0 Å². The average molecular weight is 309 g/mol. The maximum absolute atomic E-state index is 13.6. The molecule has 7 heteroatoms. The minimum absolute atomic E-state index is 0.115. The first-order valence-electron chi connectivity index (χ1n) is 5.84. The van der Waals surface area contributed by atoms with Crippen molar-refractivity contribution in [3.63, 3.8) is 0 Å². The minimum atomic E-state index is -1.39. The van der Waals surface area contributed by atoms with E-state index in [4.69, 9.17) is 16.7 Å². The zero-order chi connectivity index (χ0) is 15.1. The number of aromatic carboxylic acids is 1. The number of hydrogen-bond acceptors (Lipinski definition) is 2. The number of nitrogens with zero attached hydrogens (tertiary/aromatic N) is 1. The summed E-state index contributed by atoms with van der Waals surface area (Å²) in [5.41, 5.74) is 0.382. The maximum Gasteiger partial charge on any atom is 0.338 e. The molecule has 0 spiro atoms. The van der Waals surface area contributed by atoms with Gasteiger partial charge in [0.1, 0.15) is 17.5 Å². The van der Waals surface area contributed by atoms with Gasteiger partial charge in [0.05, 0.1) is 21.6 Å². The number of H-pyrrole nitrogens is 1. The van der Waals surface area contributed by atoms with E-state index in [9.17, 15) is 13.6 Å². The number of aromatic nitrogens is 2. The molecule has 0 amide bonds. The third kappa shape index (κ3) is 2.23. The van der Waals surface area contributed by atoms with E-state index < -0.39 is 23.2 Å². The van der Waals surface area contributed by atoms with E-state index in [2.05, 4.69) is 9.97 Å². The topological polar surface area (TPSA) is 66.0 Å². The van der Waals surface area contributed by atoms with Crippen LogP contribution in [-0.4, -0.2) is 21.0 Å². The number of halogens is 3. The lowest BCUT2D eigenvalue weighted by Gasteiger charge is -2.00. The van der Waals surface area contributed by atoms with Crippen LogP contribution in [-0.2, 0) is 0 Å². The molecular weight excluding hydrogens is 302 g/mol. The Morgan fingerprint density at radius 3 is 2.71 bits per heavy atom. The third-order valence-corrected chi connectivity index (χ3v) is 3.39. The van der Waals surface area contributed by atoms with Gasteiger partial charge < -0.3 is 10.1 Å². The van der Waals surface area contributed by atoms with Crippen LogP contribution in [0.2, 0.25) is 5.02 Å². The van der Waals surface area contributed by atoms with Gasteiger partial charge in [0.15, 0.2) is 0 Å². The Balaban J connectivity index is 2.22. The van der Waals surface area contributed by atoms with Crippen molar-refractivity contribution in [2.75, 3.05) is 0 Å². The van der Waals surface area contributed by atoms with Crippen LogP contribution in [0.4, 0.5) is 8.78 Å². The smallest absolute Gasteiger partial charge is 0.338 e. The number of imidazole rings is 1. The lowest BCUT2D eigenvalue weighted by Crippen LogP contribution is -1.99. The van der Waals surface area contributed by atoms with Gasteiger partial charge in [0, 0.05) is 11.6 Å². The van der Waals surface area contributed by atoms with Gasteiger partial charge in [-0.1, -0.05) is 17.7 Å². The fraction of sp³-hybridized carbons (Fsp3) is 0. The Hall–Kier alpha value is -2.47. The molecule has 1 aromatic heterocycles. The van der Waals surface area contributed by atoms with Gasteiger partial charge in [-0.25, -0.2) is 18.6 Å². The van der Waals surface area contributed by atoms with E-state index in [0.29, 0.717) is 11.1 Å². The summed E-state index contributed by atoms with van der Waals surface area (Å²) >= 11 is 5.87. The fourth-order valence-corrected chi connectivity index (χ4v) is 2.22. The molecule has 0 aliphatic carbocycles. The Bertz CT molecular complexity index is 877. The molecule has 0 atom stereocenters. The monoisotopic (exact) mass is 308 g/mol. The predicted octanol–water partition coefficient (Wildman–Crippen LogP) is 3.86. The molecule has 3 rings (SSSR count). The van der Waals surface area contributed by atoms with Gasteiger partial charge >= 0.3 is 5.97 Å². The van der Waals surface area contributed by atoms with Crippen molar-refractivity contribution in [2.24, 2.45) is 0 Å². The summed E-state index contributed by atoms with van der Waals surface area (Å²) in [7, 11) is 0. The number of carboxylic acid groups (broad SMARTS) is 1. The molecule has 0 bridgehead atoms. The quantitative estimate of drug-likeness (QED) is 0.755. The molecule has 0 aliphatic rings. The van der Waals surface area contributed by atoms with E-state index in [0.717, 1.165) is 12.1 Å². The summed E-state index contributed by atoms with van der Waals surface area (Å²) in [6.45, 7) is 0. The Morgan fingerprint density at radius 1 is 1.24 bits per heavy atom. The highest BCUT2D eigenvalue weighted by atomic mass is 35.5. The van der Waals surface area contributed by atoms with Crippen molar-refractivity contribution >= 4 is 28.6 Å². The Kier molecular flexibility index (Phi) is 3.10. The van der Waals surface area contributed by atoms with E-state index >= 15 is 0 Å². The van der Waals surface area contributed by atoms with Crippen LogP contribution in [0.15, 0.2) is 30.3 Å². The highest BCUT2D eigenvalue weighted by molar-refractivity contribution is 6.33. The van der Waals surface area contributed by atoms with Crippen LogP contribution in [0, 0.1) is 11.6 Å². The van der Waals surface area contributed by atoms with Crippen molar-refractivity contribution in [2.45, 2.75) is 0 Å². The van der Waals surface area contributed by atoms with Crippen LogP contribution in [0.3, 0.4) is 0 Å². The van der Waals surface area contributed by atoms with Crippen LogP contribution >= 0.6 is 11.6 Å². The summed E-state index contributed by atoms with van der Waals surface area (Å²) in [6, 6.07) is 6.37. The molecule has 0 aliphatic heterocycles. The minimum Gasteiger partial charge on any atom is -0.478 e. The molecule has 1 heterocycles. The predicted molar refractivity (Wildman–Crippen MR) is 73.4 cm³/mol. The standard InChI is InChI=1S/C14H7ClF2N2O2/c15-12-6(2-1-3-8(12)16)13-18-10-4-7(14(20)21)9(17)5-11(10)19-13/h1-5H,(H,18,19)(H,20,21). The fourth-order valence-electron chi connectivity index (χ4n) is 2.01. The van der Waals surface area contributed by atoms with E-state index in [1.165, 1.54) is 12.1 Å². The van der Waals surface area contributed by atoms with Crippen molar-refractivity contribution in [3.8, 4) is 11.4 Å². The molecular formula is C14H7ClF2N2O2. The number of aromatic amines is 1. The summed E-state index contributed by atoms with van der Waals surface area (Å²) in [5, 5.41) is 8.77. The lowest BCUT2D eigenvalue weighted by atomic mass is 10.2. The van der Waals surface area contributed by atoms with Crippen LogP contribution < -0.4 is 0 Å². The van der Waals surface area contributed by atoms with E-state index in [1.54, 1.807) is 6.07 Å². The molecule has 0 radical (unpaired) electrons. The second-order valence-corrected chi connectivity index (χ2v) is 4.72. The highest BCUT2D eigenvalue weighted by Gasteiger charge is 2.16. The Labute approximate surface area is 122 Å². The van der Waals surface area contributed by atoms with Gasteiger partial charge in [0.25, 0.3) is 0 Å². The SMILES string of the molecule is O=C(O)c1cc2nc(-c3cccc(F)c3Cl)[nH]c2cc1F. The number of benzene rings is 2. The highest BCUT2D eigenvalue weighted by Crippen LogP contribution is 2.30. The average Bonchev–Trinajstić information content (AvgIpc) is 2.83. The molecule has 3 aromatic rings. The van der Waals surface area contributed by atoms with E-state index in [-0.39, 0.29) is 16.4 Å². The number of fused-ring (bicyclic) bond motifs is 1. The molecule has 4 nitrogen and oxygen atoms in total. The van der Waals surface area contributed by atoms with E-state index in [1.807, 2.05) is 0 Å². The Morgan fingerprint density at radius 2 is 2.00 bits per heavy atom. The maximum atomic E-state index is 13.6. The number of rotatable bonds is 2. The molecule has 21 heavy (non-hydrogen) atoms. The third-order valence-electron chi connectivity index (χ3n) is 3.01. The molecule has 0 saturated heterocycles. The number of nitrogens with one attached hydrogen (secondary N) is 1. The first-order chi connectivity index (χ1) is 9.97. The molecule has 0 fully saturated rings. The van der Waals surface area contributed by atoms with Crippen LogP contribution in [0.25, 0.3) is 22.4 Å². The van der Waals surface area contributed by atoms with Gasteiger partial charge in [-0.3, -0.25) is 0 Å². The van der Waals surface area contributed by atoms with Gasteiger partial charge in [-0.15, -0.1) is 0 Å². The van der Waals surface area contributed by atoms with Crippen molar-refractivity contribution in [3.05, 3.63) is 52.6 Å². The zero-order valence-electron chi connectivity index (χ0n) is 10.3. The molecule has 2 N–H and O–H groups in total. The van der Waals surface area contributed by atoms with Crippen molar-refractivity contribution in [1.29, 1.82) is 0 Å². The number of carbonyl (C=O) groups is 1. The number of carboxylic acids is 1. The first-order valence-corrected chi connectivity index (χ1v) is 6.22.